The summed E-state index contributed by atoms with van der Waals surface area (Å²) in [7, 11) is 0. The van der Waals surface area contributed by atoms with Gasteiger partial charge in [-0.3, -0.25) is 9.59 Å². The summed E-state index contributed by atoms with van der Waals surface area (Å²) in [6.07, 6.45) is 2.73. The van der Waals surface area contributed by atoms with Crippen molar-refractivity contribution in [3.05, 3.63) is 0 Å². The maximum atomic E-state index is 10.8. The van der Waals surface area contributed by atoms with Gasteiger partial charge in [-0.2, -0.15) is 0 Å². The molecule has 1 aliphatic carbocycles. The number of carbonyl (C=O) groups excluding carboxylic acids is 2. The van der Waals surface area contributed by atoms with Crippen LogP contribution in [0.3, 0.4) is 0 Å². The fraction of sp³-hybridized carbons (Fsp3) is 0.750. The predicted molar refractivity (Wildman–Crippen MR) is 37.6 cm³/mol. The van der Waals surface area contributed by atoms with Crippen LogP contribution in [0.1, 0.15) is 32.6 Å². The first kappa shape index (κ1) is 7.45. The molecule has 0 N–H and O–H groups in total. The molecule has 0 aromatic heterocycles. The summed E-state index contributed by atoms with van der Waals surface area (Å²) in [6.45, 7) is 2.09. The summed E-state index contributed by atoms with van der Waals surface area (Å²) in [5, 5.41) is 0. The number of carbonyl (C=O) groups is 2. The van der Waals surface area contributed by atoms with E-state index in [2.05, 4.69) is 6.92 Å². The fourth-order valence-electron chi connectivity index (χ4n) is 1.18. The minimum absolute atomic E-state index is 0.163. The molecule has 56 valence electrons. The number of hydrogen-bond acceptors (Lipinski definition) is 2. The van der Waals surface area contributed by atoms with E-state index in [9.17, 15) is 9.59 Å². The van der Waals surface area contributed by atoms with E-state index in [-0.39, 0.29) is 11.6 Å². The van der Waals surface area contributed by atoms with E-state index in [1.54, 1.807) is 0 Å². The van der Waals surface area contributed by atoms with Crippen molar-refractivity contribution < 1.29 is 9.59 Å². The van der Waals surface area contributed by atoms with Crippen LogP contribution in [-0.2, 0) is 9.59 Å². The lowest BCUT2D eigenvalue weighted by Gasteiger charge is -2.01. The molecule has 0 saturated heterocycles. The summed E-state index contributed by atoms with van der Waals surface area (Å²) in [6, 6.07) is 0. The highest BCUT2D eigenvalue weighted by atomic mass is 16.2. The van der Waals surface area contributed by atoms with Crippen LogP contribution in [0.4, 0.5) is 0 Å². The van der Waals surface area contributed by atoms with Crippen molar-refractivity contribution in [3.8, 4) is 0 Å². The second kappa shape index (κ2) is 2.95. The van der Waals surface area contributed by atoms with Crippen LogP contribution in [0.15, 0.2) is 0 Å². The highest BCUT2D eigenvalue weighted by Crippen LogP contribution is 2.17. The number of Topliss-reactive ketones (excluding diaryl/α,β-unsaturated/α-hetero) is 2. The van der Waals surface area contributed by atoms with Crippen LogP contribution in [-0.4, -0.2) is 11.6 Å². The van der Waals surface area contributed by atoms with E-state index >= 15 is 0 Å². The second-order valence-corrected chi connectivity index (χ2v) is 3.03. The van der Waals surface area contributed by atoms with E-state index in [1.165, 1.54) is 0 Å². The van der Waals surface area contributed by atoms with Gasteiger partial charge in [0.05, 0.1) is 0 Å². The van der Waals surface area contributed by atoms with Crippen molar-refractivity contribution >= 4 is 11.6 Å². The van der Waals surface area contributed by atoms with Crippen molar-refractivity contribution in [3.63, 3.8) is 0 Å². The molecule has 2 heteroatoms. The first-order chi connectivity index (χ1) is 4.70. The first-order valence-electron chi connectivity index (χ1n) is 3.76. The molecule has 0 bridgehead atoms. The monoisotopic (exact) mass is 140 g/mol. The quantitative estimate of drug-likeness (QED) is 0.376. The highest BCUT2D eigenvalue weighted by molar-refractivity contribution is 6.37. The topological polar surface area (TPSA) is 34.1 Å². The lowest BCUT2D eigenvalue weighted by Crippen LogP contribution is -2.09. The zero-order valence-electron chi connectivity index (χ0n) is 6.22. The SMILES string of the molecule is CC1CCC(=O)C(=O)CC1. The molecule has 0 aliphatic heterocycles. The molecule has 0 spiro atoms. The Morgan fingerprint density at radius 3 is 1.90 bits per heavy atom. The van der Waals surface area contributed by atoms with Gasteiger partial charge in [0, 0.05) is 12.8 Å². The van der Waals surface area contributed by atoms with Gasteiger partial charge in [0.1, 0.15) is 0 Å². The van der Waals surface area contributed by atoms with Crippen molar-refractivity contribution in [1.29, 1.82) is 0 Å². The molecule has 1 rings (SSSR count). The zero-order chi connectivity index (χ0) is 7.56. The lowest BCUT2D eigenvalue weighted by molar-refractivity contribution is -0.136. The van der Waals surface area contributed by atoms with E-state index < -0.39 is 0 Å². The van der Waals surface area contributed by atoms with Gasteiger partial charge in [-0.15, -0.1) is 0 Å². The summed E-state index contributed by atoms with van der Waals surface area (Å²) in [5.41, 5.74) is 0. The molecule has 1 fully saturated rings. The molecule has 1 saturated carbocycles. The third-order valence-electron chi connectivity index (χ3n) is 2.04. The molecule has 0 heterocycles. The maximum Gasteiger partial charge on any atom is 0.198 e. The van der Waals surface area contributed by atoms with Crippen molar-refractivity contribution in [1.82, 2.24) is 0 Å². The van der Waals surface area contributed by atoms with Gasteiger partial charge < -0.3 is 0 Å². The Morgan fingerprint density at radius 1 is 1.10 bits per heavy atom. The average Bonchev–Trinajstić information content (AvgIpc) is 2.04. The van der Waals surface area contributed by atoms with E-state index in [0.29, 0.717) is 18.8 Å². The minimum atomic E-state index is -0.163. The zero-order valence-corrected chi connectivity index (χ0v) is 6.22. The maximum absolute atomic E-state index is 10.8. The fourth-order valence-corrected chi connectivity index (χ4v) is 1.18. The smallest absolute Gasteiger partial charge is 0.198 e. The minimum Gasteiger partial charge on any atom is -0.291 e. The molecule has 0 aromatic carbocycles. The summed E-state index contributed by atoms with van der Waals surface area (Å²) < 4.78 is 0. The van der Waals surface area contributed by atoms with Gasteiger partial charge in [0.15, 0.2) is 11.6 Å². The van der Waals surface area contributed by atoms with Crippen LogP contribution in [0.5, 0.6) is 0 Å². The Kier molecular flexibility index (Phi) is 2.20. The average molecular weight is 140 g/mol. The van der Waals surface area contributed by atoms with E-state index in [4.69, 9.17) is 0 Å². The van der Waals surface area contributed by atoms with Gasteiger partial charge in [0.25, 0.3) is 0 Å². The van der Waals surface area contributed by atoms with Crippen LogP contribution in [0, 0.1) is 5.92 Å². The number of hydrogen-bond donors (Lipinski definition) is 0. The number of ketones is 2. The largest absolute Gasteiger partial charge is 0.291 e. The van der Waals surface area contributed by atoms with Crippen LogP contribution < -0.4 is 0 Å². The highest BCUT2D eigenvalue weighted by Gasteiger charge is 2.19. The summed E-state index contributed by atoms with van der Waals surface area (Å²) in [4.78, 5) is 21.6. The molecule has 0 radical (unpaired) electrons. The molecule has 1 aliphatic rings. The molecule has 10 heavy (non-hydrogen) atoms. The lowest BCUT2D eigenvalue weighted by atomic mass is 10.0. The molecule has 0 unspecified atom stereocenters. The third kappa shape index (κ3) is 1.66. The van der Waals surface area contributed by atoms with Crippen LogP contribution in [0.25, 0.3) is 0 Å². The first-order valence-corrected chi connectivity index (χ1v) is 3.76. The predicted octanol–water partition coefficient (Wildman–Crippen LogP) is 1.33. The van der Waals surface area contributed by atoms with Crippen molar-refractivity contribution in [2.24, 2.45) is 5.92 Å². The molecular formula is C8H12O2. The molecule has 2 nitrogen and oxygen atoms in total. The normalized spacial score (nSPS) is 22.9. The van der Waals surface area contributed by atoms with E-state index in [0.717, 1.165) is 12.8 Å². The third-order valence-corrected chi connectivity index (χ3v) is 2.04. The standard InChI is InChI=1S/C8H12O2/c1-6-2-4-7(9)8(10)5-3-6/h6H,2-5H2,1H3. The van der Waals surface area contributed by atoms with Crippen molar-refractivity contribution in [2.45, 2.75) is 32.6 Å². The summed E-state index contributed by atoms with van der Waals surface area (Å²) >= 11 is 0. The Labute approximate surface area is 60.6 Å². The molecule has 0 aromatic rings. The van der Waals surface area contributed by atoms with Crippen molar-refractivity contribution in [2.75, 3.05) is 0 Å². The Morgan fingerprint density at radius 2 is 1.50 bits per heavy atom. The van der Waals surface area contributed by atoms with Gasteiger partial charge in [-0.05, 0) is 18.8 Å². The van der Waals surface area contributed by atoms with Gasteiger partial charge in [-0.25, -0.2) is 0 Å². The second-order valence-electron chi connectivity index (χ2n) is 3.03. The van der Waals surface area contributed by atoms with Gasteiger partial charge >= 0.3 is 0 Å². The molecule has 0 amide bonds. The van der Waals surface area contributed by atoms with Gasteiger partial charge in [-0.1, -0.05) is 6.92 Å². The molecule has 0 atom stereocenters. The summed E-state index contributed by atoms with van der Waals surface area (Å²) in [5.74, 6) is 0.226. The number of rotatable bonds is 0. The Hall–Kier alpha value is -0.660. The Bertz CT molecular complexity index is 143. The Balaban J connectivity index is 2.55. The van der Waals surface area contributed by atoms with E-state index in [1.807, 2.05) is 0 Å². The molecular weight excluding hydrogens is 128 g/mol. The van der Waals surface area contributed by atoms with Gasteiger partial charge in [0.2, 0.25) is 0 Å². The van der Waals surface area contributed by atoms with Crippen LogP contribution >= 0.6 is 0 Å². The van der Waals surface area contributed by atoms with Crippen LogP contribution in [0.2, 0.25) is 0 Å².